The van der Waals surface area contributed by atoms with Crippen molar-refractivity contribution < 1.29 is 27.6 Å². The van der Waals surface area contributed by atoms with Crippen LogP contribution >= 0.6 is 11.7 Å². The van der Waals surface area contributed by atoms with Gasteiger partial charge in [-0.05, 0) is 24.3 Å². The molecule has 3 aromatic rings. The lowest BCUT2D eigenvalue weighted by atomic mass is 10.2. The van der Waals surface area contributed by atoms with E-state index < -0.39 is 33.1 Å². The van der Waals surface area contributed by atoms with Crippen molar-refractivity contribution in [3.8, 4) is 5.75 Å². The minimum absolute atomic E-state index is 0.163. The molecule has 1 saturated heterocycles. The average molecular weight is 479 g/mol. The van der Waals surface area contributed by atoms with Crippen LogP contribution < -0.4 is 10.1 Å². The third-order valence-electron chi connectivity index (χ3n) is 4.65. The Hall–Kier alpha value is -3.20. The number of nitro benzene ring substituents is 1. The summed E-state index contributed by atoms with van der Waals surface area (Å²) in [5.41, 5.74) is 1.03. The molecule has 2 heterocycles. The van der Waals surface area contributed by atoms with Crippen LogP contribution in [0.25, 0.3) is 11.0 Å². The van der Waals surface area contributed by atoms with Gasteiger partial charge in [0.25, 0.3) is 5.91 Å². The van der Waals surface area contributed by atoms with Gasteiger partial charge < -0.3 is 14.8 Å². The number of nitrogens with one attached hydrogen (secondary N) is 1. The average Bonchev–Trinajstić information content (AvgIpc) is 3.28. The highest BCUT2D eigenvalue weighted by atomic mass is 32.2. The van der Waals surface area contributed by atoms with Crippen molar-refractivity contribution >= 4 is 50.1 Å². The second kappa shape index (κ2) is 9.12. The first-order valence-corrected chi connectivity index (χ1v) is 11.5. The molecular weight excluding hydrogens is 462 g/mol. The Bertz CT molecular complexity index is 1270. The van der Waals surface area contributed by atoms with Crippen LogP contribution in [-0.2, 0) is 19.6 Å². The van der Waals surface area contributed by atoms with Crippen LogP contribution in [0.1, 0.15) is 0 Å². The smallest absolute Gasteiger partial charge is 0.312 e. The summed E-state index contributed by atoms with van der Waals surface area (Å²) < 4.78 is 45.4. The molecule has 0 unspecified atom stereocenters. The number of rotatable bonds is 7. The Morgan fingerprint density at radius 3 is 2.78 bits per heavy atom. The predicted molar refractivity (Wildman–Crippen MR) is 114 cm³/mol. The minimum atomic E-state index is -3.92. The highest BCUT2D eigenvalue weighted by Gasteiger charge is 2.29. The summed E-state index contributed by atoms with van der Waals surface area (Å²) in [5, 5.41) is 14.1. The van der Waals surface area contributed by atoms with Gasteiger partial charge >= 0.3 is 5.69 Å². The quantitative estimate of drug-likeness (QED) is 0.393. The summed E-state index contributed by atoms with van der Waals surface area (Å²) in [4.78, 5) is 22.8. The van der Waals surface area contributed by atoms with E-state index in [-0.39, 0.29) is 36.9 Å². The number of fused-ring (bicyclic) bond motifs is 1. The number of nitrogens with zero attached hydrogens (tertiary/aromatic N) is 4. The topological polar surface area (TPSA) is 154 Å². The van der Waals surface area contributed by atoms with E-state index in [1.807, 2.05) is 0 Å². The van der Waals surface area contributed by atoms with E-state index in [0.717, 1.165) is 17.8 Å². The molecule has 1 aliphatic rings. The summed E-state index contributed by atoms with van der Waals surface area (Å²) in [6.45, 7) is 0.306. The lowest BCUT2D eigenvalue weighted by Gasteiger charge is -2.26. The van der Waals surface area contributed by atoms with Crippen molar-refractivity contribution in [2.45, 2.75) is 4.90 Å². The zero-order chi connectivity index (χ0) is 22.7. The van der Waals surface area contributed by atoms with Gasteiger partial charge in [0.2, 0.25) is 10.0 Å². The molecule has 12 nitrogen and oxygen atoms in total. The summed E-state index contributed by atoms with van der Waals surface area (Å²) in [6, 6.07) is 8.42. The Morgan fingerprint density at radius 2 is 2.03 bits per heavy atom. The van der Waals surface area contributed by atoms with Gasteiger partial charge in [0.05, 0.1) is 40.4 Å². The zero-order valence-electron chi connectivity index (χ0n) is 16.5. The largest absolute Gasteiger partial charge is 0.477 e. The van der Waals surface area contributed by atoms with Crippen LogP contribution in [0.15, 0.2) is 41.3 Å². The first-order valence-electron chi connectivity index (χ1n) is 9.36. The molecule has 0 spiro atoms. The van der Waals surface area contributed by atoms with E-state index >= 15 is 0 Å². The highest BCUT2D eigenvalue weighted by Crippen LogP contribution is 2.31. The van der Waals surface area contributed by atoms with Gasteiger partial charge in [-0.15, -0.1) is 0 Å². The lowest BCUT2D eigenvalue weighted by molar-refractivity contribution is -0.386. The van der Waals surface area contributed by atoms with Crippen LogP contribution in [0, 0.1) is 10.1 Å². The fourth-order valence-electron chi connectivity index (χ4n) is 3.10. The van der Waals surface area contributed by atoms with E-state index in [0.29, 0.717) is 16.7 Å². The summed E-state index contributed by atoms with van der Waals surface area (Å²) in [6.07, 6.45) is 0. The summed E-state index contributed by atoms with van der Waals surface area (Å²) >= 11 is 1.01. The first-order chi connectivity index (χ1) is 15.4. The molecule has 1 aliphatic heterocycles. The van der Waals surface area contributed by atoms with Crippen molar-refractivity contribution in [2.75, 3.05) is 38.2 Å². The van der Waals surface area contributed by atoms with E-state index in [9.17, 15) is 23.3 Å². The van der Waals surface area contributed by atoms with Gasteiger partial charge in [-0.1, -0.05) is 6.07 Å². The molecule has 1 amide bonds. The van der Waals surface area contributed by atoms with Gasteiger partial charge in [0, 0.05) is 19.2 Å². The normalized spacial score (nSPS) is 14.9. The van der Waals surface area contributed by atoms with Gasteiger partial charge in [0.1, 0.15) is 11.0 Å². The first kappa shape index (κ1) is 22.0. The Morgan fingerprint density at radius 1 is 1.25 bits per heavy atom. The Labute approximate surface area is 186 Å². The van der Waals surface area contributed by atoms with Crippen molar-refractivity contribution in [1.82, 2.24) is 13.1 Å². The third-order valence-corrected chi connectivity index (χ3v) is 7.09. The van der Waals surface area contributed by atoms with E-state index in [2.05, 4.69) is 14.1 Å². The molecule has 4 rings (SSSR count). The number of morpholine rings is 1. The molecule has 168 valence electrons. The molecule has 0 bridgehead atoms. The van der Waals surface area contributed by atoms with Crippen LogP contribution in [0.5, 0.6) is 5.75 Å². The number of amides is 1. The molecule has 32 heavy (non-hydrogen) atoms. The number of ether oxygens (including phenoxy) is 2. The van der Waals surface area contributed by atoms with Gasteiger partial charge in [-0.3, -0.25) is 14.9 Å². The number of benzene rings is 2. The standard InChI is InChI=1S/C18H17N5O7S2/c24-17(19-13-2-1-3-14-18(13)21-31-20-14)11-30-16-5-4-12(10-15(16)23(25)26)32(27,28)22-6-8-29-9-7-22/h1-5,10H,6-9,11H2,(H,19,24). The van der Waals surface area contributed by atoms with Crippen LogP contribution in [-0.4, -0.2) is 65.2 Å². The Balaban J connectivity index is 1.49. The maximum atomic E-state index is 12.8. The summed E-state index contributed by atoms with van der Waals surface area (Å²) in [7, 11) is -3.92. The number of nitro groups is 1. The zero-order valence-corrected chi connectivity index (χ0v) is 18.1. The molecule has 14 heteroatoms. The second-order valence-electron chi connectivity index (χ2n) is 6.68. The molecule has 1 N–H and O–H groups in total. The molecule has 2 aromatic carbocycles. The number of aromatic nitrogens is 2. The molecule has 0 saturated carbocycles. The number of anilines is 1. The predicted octanol–water partition coefficient (Wildman–Crippen LogP) is 1.64. The van der Waals surface area contributed by atoms with Crippen LogP contribution in [0.2, 0.25) is 0 Å². The molecule has 0 aliphatic carbocycles. The second-order valence-corrected chi connectivity index (χ2v) is 9.14. The maximum Gasteiger partial charge on any atom is 0.312 e. The number of carbonyl (C=O) groups is 1. The van der Waals surface area contributed by atoms with E-state index in [4.69, 9.17) is 9.47 Å². The van der Waals surface area contributed by atoms with E-state index in [1.165, 1.54) is 16.4 Å². The van der Waals surface area contributed by atoms with Crippen molar-refractivity contribution in [3.63, 3.8) is 0 Å². The van der Waals surface area contributed by atoms with Crippen LogP contribution in [0.4, 0.5) is 11.4 Å². The molecule has 1 aromatic heterocycles. The van der Waals surface area contributed by atoms with Crippen LogP contribution in [0.3, 0.4) is 0 Å². The fourth-order valence-corrected chi connectivity index (χ4v) is 5.07. The van der Waals surface area contributed by atoms with Gasteiger partial charge in [-0.25, -0.2) is 8.42 Å². The maximum absolute atomic E-state index is 12.8. The van der Waals surface area contributed by atoms with Crippen molar-refractivity contribution in [2.24, 2.45) is 0 Å². The molecular formula is C18H17N5O7S2. The molecule has 1 fully saturated rings. The minimum Gasteiger partial charge on any atom is -0.477 e. The molecule has 0 atom stereocenters. The van der Waals surface area contributed by atoms with E-state index in [1.54, 1.807) is 18.2 Å². The monoisotopic (exact) mass is 479 g/mol. The highest BCUT2D eigenvalue weighted by molar-refractivity contribution is 7.89. The van der Waals surface area contributed by atoms with Crippen molar-refractivity contribution in [3.05, 3.63) is 46.5 Å². The lowest BCUT2D eigenvalue weighted by Crippen LogP contribution is -2.40. The number of hydrogen-bond donors (Lipinski definition) is 1. The van der Waals surface area contributed by atoms with Gasteiger partial charge in [0.15, 0.2) is 12.4 Å². The molecule has 0 radical (unpaired) electrons. The SMILES string of the molecule is O=C(COc1ccc(S(=O)(=O)N2CCOCC2)cc1[N+](=O)[O-])Nc1cccc2nsnc12. The third kappa shape index (κ3) is 4.52. The Kier molecular flexibility index (Phi) is 6.27. The van der Waals surface area contributed by atoms with Crippen molar-refractivity contribution in [1.29, 1.82) is 0 Å². The number of carbonyl (C=O) groups excluding carboxylic acids is 1. The number of hydrogen-bond acceptors (Lipinski definition) is 10. The summed E-state index contributed by atoms with van der Waals surface area (Å²) in [5.74, 6) is -0.788. The fraction of sp³-hybridized carbons (Fsp3) is 0.278. The number of sulfonamides is 1. The van der Waals surface area contributed by atoms with Gasteiger partial charge in [-0.2, -0.15) is 13.1 Å².